The van der Waals surface area contributed by atoms with Crippen LogP contribution in [-0.4, -0.2) is 60.3 Å². The molecule has 1 saturated heterocycles. The molecule has 1 aliphatic heterocycles. The van der Waals surface area contributed by atoms with Crippen molar-refractivity contribution in [3.8, 4) is 0 Å². The predicted molar refractivity (Wildman–Crippen MR) is 81.4 cm³/mol. The van der Waals surface area contributed by atoms with Gasteiger partial charge in [0.1, 0.15) is 12.0 Å². The van der Waals surface area contributed by atoms with Crippen LogP contribution < -0.4 is 16.0 Å². The lowest BCUT2D eigenvalue weighted by Gasteiger charge is -2.35. The molecule has 0 radical (unpaired) electrons. The number of carbonyl (C=O) groups is 1. The van der Waals surface area contributed by atoms with Crippen LogP contribution in [0.3, 0.4) is 0 Å². The molecule has 0 spiro atoms. The second-order valence-electron chi connectivity index (χ2n) is 4.66. The number of nitrogens with two attached hydrogens (primary N) is 1. The van der Waals surface area contributed by atoms with E-state index in [1.54, 1.807) is 11.8 Å². The van der Waals surface area contributed by atoms with E-state index in [9.17, 15) is 4.79 Å². The van der Waals surface area contributed by atoms with Crippen molar-refractivity contribution in [1.29, 1.82) is 0 Å². The van der Waals surface area contributed by atoms with Crippen molar-refractivity contribution in [3.05, 3.63) is 6.33 Å². The highest BCUT2D eigenvalue weighted by Crippen LogP contribution is 2.26. The van der Waals surface area contributed by atoms with Gasteiger partial charge in [-0.25, -0.2) is 14.8 Å². The number of amides is 1. The summed E-state index contributed by atoms with van der Waals surface area (Å²) in [4.78, 5) is 23.8. The van der Waals surface area contributed by atoms with Gasteiger partial charge in [-0.05, 0) is 13.8 Å². The Bertz CT molecular complexity index is 488. The van der Waals surface area contributed by atoms with Gasteiger partial charge in [-0.1, -0.05) is 0 Å². The van der Waals surface area contributed by atoms with Crippen molar-refractivity contribution < 1.29 is 9.53 Å². The van der Waals surface area contributed by atoms with Crippen LogP contribution in [0.15, 0.2) is 6.33 Å². The van der Waals surface area contributed by atoms with Crippen LogP contribution in [0, 0.1) is 0 Å². The molecular weight excluding hydrogens is 272 g/mol. The maximum Gasteiger partial charge on any atom is 0.409 e. The third kappa shape index (κ3) is 3.45. The molecule has 21 heavy (non-hydrogen) atoms. The number of aromatic nitrogens is 2. The van der Waals surface area contributed by atoms with Crippen molar-refractivity contribution in [2.75, 3.05) is 55.3 Å². The van der Waals surface area contributed by atoms with Crippen LogP contribution in [0.2, 0.25) is 0 Å². The quantitative estimate of drug-likeness (QED) is 0.846. The van der Waals surface area contributed by atoms with Crippen LogP contribution in [0.1, 0.15) is 13.8 Å². The molecule has 1 aliphatic rings. The summed E-state index contributed by atoms with van der Waals surface area (Å²) in [7, 11) is 0. The Morgan fingerprint density at radius 3 is 2.67 bits per heavy atom. The minimum Gasteiger partial charge on any atom is -0.450 e. The zero-order valence-corrected chi connectivity index (χ0v) is 12.5. The zero-order chi connectivity index (χ0) is 15.2. The summed E-state index contributed by atoms with van der Waals surface area (Å²) in [5, 5.41) is 3.11. The van der Waals surface area contributed by atoms with Gasteiger partial charge in [0, 0.05) is 32.7 Å². The summed E-state index contributed by atoms with van der Waals surface area (Å²) in [6, 6.07) is 0. The molecule has 2 rings (SSSR count). The number of hydrogen-bond acceptors (Lipinski definition) is 7. The summed E-state index contributed by atoms with van der Waals surface area (Å²) in [6.07, 6.45) is 1.24. The molecule has 3 N–H and O–H groups in total. The number of anilines is 3. The smallest absolute Gasteiger partial charge is 0.409 e. The van der Waals surface area contributed by atoms with Gasteiger partial charge >= 0.3 is 6.09 Å². The van der Waals surface area contributed by atoms with E-state index < -0.39 is 0 Å². The average Bonchev–Trinajstić information content (AvgIpc) is 2.50. The maximum atomic E-state index is 11.7. The van der Waals surface area contributed by atoms with E-state index in [0.29, 0.717) is 50.1 Å². The minimum absolute atomic E-state index is 0.263. The molecule has 0 atom stereocenters. The number of rotatable bonds is 4. The zero-order valence-electron chi connectivity index (χ0n) is 12.5. The Morgan fingerprint density at radius 2 is 2.05 bits per heavy atom. The van der Waals surface area contributed by atoms with Crippen LogP contribution >= 0.6 is 0 Å². The van der Waals surface area contributed by atoms with Crippen LogP contribution in [0.5, 0.6) is 0 Å². The molecule has 1 aromatic heterocycles. The highest BCUT2D eigenvalue weighted by atomic mass is 16.6. The Kier molecular flexibility index (Phi) is 5.02. The normalized spacial score (nSPS) is 15.0. The van der Waals surface area contributed by atoms with E-state index in [-0.39, 0.29) is 6.09 Å². The summed E-state index contributed by atoms with van der Waals surface area (Å²) < 4.78 is 5.01. The Labute approximate surface area is 124 Å². The van der Waals surface area contributed by atoms with E-state index in [4.69, 9.17) is 10.5 Å². The van der Waals surface area contributed by atoms with Gasteiger partial charge in [0.25, 0.3) is 0 Å². The number of nitrogens with zero attached hydrogens (tertiary/aromatic N) is 4. The second-order valence-corrected chi connectivity index (χ2v) is 4.66. The Morgan fingerprint density at radius 1 is 1.33 bits per heavy atom. The van der Waals surface area contributed by atoms with Crippen molar-refractivity contribution in [3.63, 3.8) is 0 Å². The number of piperazine rings is 1. The van der Waals surface area contributed by atoms with Crippen molar-refractivity contribution in [2.45, 2.75) is 13.8 Å². The Balaban J connectivity index is 2.02. The van der Waals surface area contributed by atoms with Crippen molar-refractivity contribution >= 4 is 23.4 Å². The molecule has 0 bridgehead atoms. The molecule has 2 heterocycles. The van der Waals surface area contributed by atoms with Gasteiger partial charge in [0.05, 0.1) is 6.61 Å². The number of ether oxygens (including phenoxy) is 1. The molecular formula is C13H22N6O2. The van der Waals surface area contributed by atoms with E-state index in [1.165, 1.54) is 6.33 Å². The standard InChI is InChI=1S/C13H22N6O2/c1-3-15-11-10(14)12(17-9-16-11)18-5-7-19(8-6-18)13(20)21-4-2/h9H,3-8,14H2,1-2H3,(H,15,16,17). The van der Waals surface area contributed by atoms with Gasteiger partial charge in [0.15, 0.2) is 11.6 Å². The lowest BCUT2D eigenvalue weighted by molar-refractivity contribution is 0.105. The molecule has 1 amide bonds. The topological polar surface area (TPSA) is 96.6 Å². The minimum atomic E-state index is -0.263. The Hall–Kier alpha value is -2.25. The average molecular weight is 294 g/mol. The fourth-order valence-corrected chi connectivity index (χ4v) is 2.26. The van der Waals surface area contributed by atoms with E-state index in [1.807, 2.05) is 6.92 Å². The highest BCUT2D eigenvalue weighted by molar-refractivity contribution is 5.75. The fourth-order valence-electron chi connectivity index (χ4n) is 2.26. The number of carbonyl (C=O) groups excluding carboxylic acids is 1. The lowest BCUT2D eigenvalue weighted by Crippen LogP contribution is -2.49. The first-order valence-corrected chi connectivity index (χ1v) is 7.18. The van der Waals surface area contributed by atoms with Crippen LogP contribution in [-0.2, 0) is 4.74 Å². The molecule has 1 aromatic rings. The maximum absolute atomic E-state index is 11.7. The molecule has 116 valence electrons. The molecule has 8 heteroatoms. The molecule has 0 aromatic carbocycles. The molecule has 0 aliphatic carbocycles. The van der Waals surface area contributed by atoms with Gasteiger partial charge in [-0.15, -0.1) is 0 Å². The predicted octanol–water partition coefficient (Wildman–Crippen LogP) is 0.769. The van der Waals surface area contributed by atoms with Crippen LogP contribution in [0.25, 0.3) is 0 Å². The van der Waals surface area contributed by atoms with Gasteiger partial charge < -0.3 is 25.6 Å². The summed E-state index contributed by atoms with van der Waals surface area (Å²) in [6.45, 7) is 7.47. The largest absolute Gasteiger partial charge is 0.450 e. The summed E-state index contributed by atoms with van der Waals surface area (Å²) in [5.41, 5.74) is 6.65. The fraction of sp³-hybridized carbons (Fsp3) is 0.615. The monoisotopic (exact) mass is 294 g/mol. The first kappa shape index (κ1) is 15.1. The van der Waals surface area contributed by atoms with E-state index >= 15 is 0 Å². The van der Waals surface area contributed by atoms with E-state index in [0.717, 1.165) is 6.54 Å². The molecule has 0 saturated carbocycles. The first-order chi connectivity index (χ1) is 10.2. The third-order valence-electron chi connectivity index (χ3n) is 3.31. The molecule has 8 nitrogen and oxygen atoms in total. The lowest BCUT2D eigenvalue weighted by atomic mass is 10.3. The number of nitrogen functional groups attached to an aromatic ring is 1. The number of hydrogen-bond donors (Lipinski definition) is 2. The van der Waals surface area contributed by atoms with Gasteiger partial charge in [-0.2, -0.15) is 0 Å². The van der Waals surface area contributed by atoms with Crippen molar-refractivity contribution in [1.82, 2.24) is 14.9 Å². The van der Waals surface area contributed by atoms with Gasteiger partial charge in [-0.3, -0.25) is 0 Å². The molecule has 0 unspecified atom stereocenters. The first-order valence-electron chi connectivity index (χ1n) is 7.18. The SMILES string of the molecule is CCNc1ncnc(N2CCN(C(=O)OCC)CC2)c1N. The number of nitrogens with one attached hydrogen (secondary N) is 1. The third-order valence-corrected chi connectivity index (χ3v) is 3.31. The summed E-state index contributed by atoms with van der Waals surface area (Å²) >= 11 is 0. The van der Waals surface area contributed by atoms with Crippen molar-refractivity contribution in [2.24, 2.45) is 0 Å². The highest BCUT2D eigenvalue weighted by Gasteiger charge is 2.24. The molecule has 1 fully saturated rings. The van der Waals surface area contributed by atoms with Gasteiger partial charge in [0.2, 0.25) is 0 Å². The van der Waals surface area contributed by atoms with Crippen LogP contribution in [0.4, 0.5) is 22.1 Å². The van der Waals surface area contributed by atoms with E-state index in [2.05, 4.69) is 20.2 Å². The second kappa shape index (κ2) is 6.96. The summed E-state index contributed by atoms with van der Waals surface area (Å²) in [5.74, 6) is 1.36.